The highest BCUT2D eigenvalue weighted by Gasteiger charge is 2.07. The Kier molecular flexibility index (Phi) is 4.16. The van der Waals surface area contributed by atoms with Crippen molar-refractivity contribution in [2.45, 2.75) is 0 Å². The van der Waals surface area contributed by atoms with Gasteiger partial charge in [-0.3, -0.25) is 9.78 Å². The zero-order valence-electron chi connectivity index (χ0n) is 11.9. The predicted octanol–water partition coefficient (Wildman–Crippen LogP) is 3.03. The SMILES string of the molecule is NC(=O)c1cc(-c2ccnc(Nc3cccc(Cl)c3)n2)ccn1. The molecule has 23 heavy (non-hydrogen) atoms. The lowest BCUT2D eigenvalue weighted by atomic mass is 10.1. The standard InChI is InChI=1S/C16H12ClN5O/c17-11-2-1-3-12(9-11)21-16-20-7-5-13(22-16)10-4-6-19-14(8-10)15(18)23/h1-9H,(H2,18,23)(H,20,21,22). The molecular weight excluding hydrogens is 314 g/mol. The van der Waals surface area contributed by atoms with E-state index < -0.39 is 5.91 Å². The molecule has 0 saturated carbocycles. The first-order valence-electron chi connectivity index (χ1n) is 6.74. The minimum Gasteiger partial charge on any atom is -0.364 e. The van der Waals surface area contributed by atoms with Crippen molar-refractivity contribution in [2.24, 2.45) is 5.73 Å². The molecule has 0 spiro atoms. The number of primary amides is 1. The second kappa shape index (κ2) is 6.41. The van der Waals surface area contributed by atoms with Crippen LogP contribution in [0, 0.1) is 0 Å². The van der Waals surface area contributed by atoms with E-state index in [1.807, 2.05) is 12.1 Å². The van der Waals surface area contributed by atoms with Crippen molar-refractivity contribution in [2.75, 3.05) is 5.32 Å². The molecule has 0 radical (unpaired) electrons. The number of halogens is 1. The molecule has 1 amide bonds. The third-order valence-electron chi connectivity index (χ3n) is 3.04. The topological polar surface area (TPSA) is 93.8 Å². The van der Waals surface area contributed by atoms with Gasteiger partial charge in [-0.1, -0.05) is 17.7 Å². The highest BCUT2D eigenvalue weighted by atomic mass is 35.5. The summed E-state index contributed by atoms with van der Waals surface area (Å²) >= 11 is 5.95. The Labute approximate surface area is 137 Å². The average Bonchev–Trinajstić information content (AvgIpc) is 2.55. The Morgan fingerprint density at radius 3 is 2.70 bits per heavy atom. The van der Waals surface area contributed by atoms with Gasteiger partial charge >= 0.3 is 0 Å². The summed E-state index contributed by atoms with van der Waals surface area (Å²) in [4.78, 5) is 23.7. The zero-order chi connectivity index (χ0) is 16.2. The molecule has 0 aliphatic rings. The van der Waals surface area contributed by atoms with E-state index in [1.54, 1.807) is 36.5 Å². The number of hydrogen-bond acceptors (Lipinski definition) is 5. The Bertz CT molecular complexity index is 868. The molecule has 2 aromatic heterocycles. The summed E-state index contributed by atoms with van der Waals surface area (Å²) in [7, 11) is 0. The molecule has 7 heteroatoms. The van der Waals surface area contributed by atoms with Gasteiger partial charge in [0.2, 0.25) is 5.95 Å². The Balaban J connectivity index is 1.91. The molecule has 3 N–H and O–H groups in total. The van der Waals surface area contributed by atoms with E-state index in [0.29, 0.717) is 16.7 Å². The molecule has 0 atom stereocenters. The first-order valence-corrected chi connectivity index (χ1v) is 7.11. The molecule has 6 nitrogen and oxygen atoms in total. The average molecular weight is 326 g/mol. The zero-order valence-corrected chi connectivity index (χ0v) is 12.7. The largest absolute Gasteiger partial charge is 0.364 e. The normalized spacial score (nSPS) is 10.3. The van der Waals surface area contributed by atoms with Gasteiger partial charge < -0.3 is 11.1 Å². The lowest BCUT2D eigenvalue weighted by molar-refractivity contribution is 0.0995. The van der Waals surface area contributed by atoms with E-state index in [9.17, 15) is 4.79 Å². The quantitative estimate of drug-likeness (QED) is 0.769. The second-order valence-corrected chi connectivity index (χ2v) is 5.13. The summed E-state index contributed by atoms with van der Waals surface area (Å²) in [6, 6.07) is 12.3. The monoisotopic (exact) mass is 325 g/mol. The number of rotatable bonds is 4. The van der Waals surface area contributed by atoms with Crippen molar-refractivity contribution in [3.63, 3.8) is 0 Å². The number of pyridine rings is 1. The van der Waals surface area contributed by atoms with Crippen LogP contribution >= 0.6 is 11.6 Å². The number of carbonyl (C=O) groups excluding carboxylic acids is 1. The number of hydrogen-bond donors (Lipinski definition) is 2. The van der Waals surface area contributed by atoms with Crippen molar-refractivity contribution in [1.82, 2.24) is 15.0 Å². The third kappa shape index (κ3) is 3.61. The van der Waals surface area contributed by atoms with Crippen LogP contribution in [-0.2, 0) is 0 Å². The van der Waals surface area contributed by atoms with Gasteiger partial charge in [0.25, 0.3) is 5.91 Å². The Morgan fingerprint density at radius 2 is 1.91 bits per heavy atom. The van der Waals surface area contributed by atoms with Crippen LogP contribution < -0.4 is 11.1 Å². The molecule has 0 aliphatic carbocycles. The number of amides is 1. The molecule has 0 aliphatic heterocycles. The van der Waals surface area contributed by atoms with Crippen LogP contribution in [0.25, 0.3) is 11.3 Å². The van der Waals surface area contributed by atoms with Gasteiger partial charge in [0.1, 0.15) is 5.69 Å². The van der Waals surface area contributed by atoms with E-state index in [0.717, 1.165) is 11.3 Å². The number of nitrogens with two attached hydrogens (primary N) is 1. The summed E-state index contributed by atoms with van der Waals surface area (Å²) in [6.45, 7) is 0. The minimum absolute atomic E-state index is 0.186. The molecule has 2 heterocycles. The third-order valence-corrected chi connectivity index (χ3v) is 3.28. The van der Waals surface area contributed by atoms with Gasteiger partial charge in [-0.05, 0) is 36.4 Å². The molecule has 0 fully saturated rings. The van der Waals surface area contributed by atoms with Gasteiger partial charge in [-0.25, -0.2) is 9.97 Å². The number of aromatic nitrogens is 3. The number of carbonyl (C=O) groups is 1. The fourth-order valence-electron chi connectivity index (χ4n) is 2.00. The lowest BCUT2D eigenvalue weighted by Gasteiger charge is -2.07. The van der Waals surface area contributed by atoms with Crippen molar-refractivity contribution in [3.05, 3.63) is 65.6 Å². The summed E-state index contributed by atoms with van der Waals surface area (Å²) in [5, 5.41) is 3.70. The van der Waals surface area contributed by atoms with Gasteiger partial charge in [-0.2, -0.15) is 0 Å². The van der Waals surface area contributed by atoms with Crippen molar-refractivity contribution in [1.29, 1.82) is 0 Å². The number of nitrogens with one attached hydrogen (secondary N) is 1. The van der Waals surface area contributed by atoms with E-state index in [1.165, 1.54) is 6.20 Å². The summed E-state index contributed by atoms with van der Waals surface area (Å²) in [6.07, 6.45) is 3.14. The molecule has 3 aromatic rings. The second-order valence-electron chi connectivity index (χ2n) is 4.69. The maximum Gasteiger partial charge on any atom is 0.267 e. The first-order chi connectivity index (χ1) is 11.1. The highest BCUT2D eigenvalue weighted by Crippen LogP contribution is 2.21. The van der Waals surface area contributed by atoms with Crippen LogP contribution in [0.2, 0.25) is 5.02 Å². The van der Waals surface area contributed by atoms with Crippen molar-refractivity contribution in [3.8, 4) is 11.3 Å². The maximum absolute atomic E-state index is 11.2. The van der Waals surface area contributed by atoms with Crippen LogP contribution in [0.3, 0.4) is 0 Å². The van der Waals surface area contributed by atoms with Crippen LogP contribution in [0.4, 0.5) is 11.6 Å². The minimum atomic E-state index is -0.585. The van der Waals surface area contributed by atoms with Gasteiger partial charge in [0, 0.05) is 28.7 Å². The molecular formula is C16H12ClN5O. The smallest absolute Gasteiger partial charge is 0.267 e. The van der Waals surface area contributed by atoms with Crippen LogP contribution in [0.5, 0.6) is 0 Å². The van der Waals surface area contributed by atoms with Crippen molar-refractivity contribution < 1.29 is 4.79 Å². The molecule has 0 bridgehead atoms. The fraction of sp³-hybridized carbons (Fsp3) is 0. The molecule has 1 aromatic carbocycles. The van der Waals surface area contributed by atoms with Crippen molar-refractivity contribution >= 4 is 29.1 Å². The number of anilines is 2. The first kappa shape index (κ1) is 14.9. The Hall–Kier alpha value is -2.99. The molecule has 0 saturated heterocycles. The predicted molar refractivity (Wildman–Crippen MR) is 88.5 cm³/mol. The number of benzene rings is 1. The lowest BCUT2D eigenvalue weighted by Crippen LogP contribution is -2.12. The van der Waals surface area contributed by atoms with Crippen LogP contribution in [0.1, 0.15) is 10.5 Å². The van der Waals surface area contributed by atoms with E-state index in [-0.39, 0.29) is 5.69 Å². The summed E-state index contributed by atoms with van der Waals surface area (Å²) in [5.74, 6) is -0.166. The highest BCUT2D eigenvalue weighted by molar-refractivity contribution is 6.30. The fourth-order valence-corrected chi connectivity index (χ4v) is 2.19. The van der Waals surface area contributed by atoms with Crippen LogP contribution in [-0.4, -0.2) is 20.9 Å². The van der Waals surface area contributed by atoms with Crippen LogP contribution in [0.15, 0.2) is 54.9 Å². The molecule has 3 rings (SSSR count). The molecule has 114 valence electrons. The van der Waals surface area contributed by atoms with E-state index in [2.05, 4.69) is 20.3 Å². The summed E-state index contributed by atoms with van der Waals surface area (Å²) < 4.78 is 0. The Morgan fingerprint density at radius 1 is 1.09 bits per heavy atom. The maximum atomic E-state index is 11.2. The van der Waals surface area contributed by atoms with Gasteiger partial charge in [0.05, 0.1) is 5.69 Å². The van der Waals surface area contributed by atoms with E-state index in [4.69, 9.17) is 17.3 Å². The number of nitrogens with zero attached hydrogens (tertiary/aromatic N) is 3. The van der Waals surface area contributed by atoms with E-state index >= 15 is 0 Å². The van der Waals surface area contributed by atoms with Gasteiger partial charge in [-0.15, -0.1) is 0 Å². The molecule has 0 unspecified atom stereocenters. The summed E-state index contributed by atoms with van der Waals surface area (Å²) in [5.41, 5.74) is 7.59. The van der Waals surface area contributed by atoms with Gasteiger partial charge in [0.15, 0.2) is 0 Å².